The SMILES string of the molecule is CCOP(=O)(OCC)c1nc2cc3ccccc3cc2nc1C. The van der Waals surface area contributed by atoms with Gasteiger partial charge in [0.25, 0.3) is 0 Å². The molecule has 5 nitrogen and oxygen atoms in total. The molecule has 0 saturated heterocycles. The van der Waals surface area contributed by atoms with Gasteiger partial charge in [-0.05, 0) is 43.7 Å². The maximum absolute atomic E-state index is 13.0. The van der Waals surface area contributed by atoms with Crippen molar-refractivity contribution in [1.82, 2.24) is 9.97 Å². The van der Waals surface area contributed by atoms with E-state index in [1.807, 2.05) is 36.4 Å². The fourth-order valence-corrected chi connectivity index (χ4v) is 4.26. The Labute approximate surface area is 135 Å². The first-order valence-electron chi connectivity index (χ1n) is 7.64. The maximum atomic E-state index is 13.0. The molecule has 2 aromatic carbocycles. The number of hydrogen-bond donors (Lipinski definition) is 0. The molecular formula is C17H19N2O3P. The van der Waals surface area contributed by atoms with Crippen LogP contribution in [0.1, 0.15) is 19.5 Å². The third-order valence-corrected chi connectivity index (χ3v) is 5.68. The number of aryl methyl sites for hydroxylation is 1. The highest BCUT2D eigenvalue weighted by Crippen LogP contribution is 2.47. The number of rotatable bonds is 5. The molecule has 1 aromatic heterocycles. The molecule has 0 unspecified atom stereocenters. The van der Waals surface area contributed by atoms with Crippen LogP contribution in [0.15, 0.2) is 36.4 Å². The molecule has 0 N–H and O–H groups in total. The summed E-state index contributed by atoms with van der Waals surface area (Å²) in [5.41, 5.74) is 2.32. The molecule has 0 aliphatic rings. The van der Waals surface area contributed by atoms with Gasteiger partial charge in [-0.1, -0.05) is 24.3 Å². The van der Waals surface area contributed by atoms with Gasteiger partial charge < -0.3 is 9.05 Å². The molecule has 0 fully saturated rings. The first kappa shape index (κ1) is 16.1. The molecule has 0 bridgehead atoms. The van der Waals surface area contributed by atoms with E-state index in [4.69, 9.17) is 9.05 Å². The third-order valence-electron chi connectivity index (χ3n) is 3.54. The third kappa shape index (κ3) is 3.00. The summed E-state index contributed by atoms with van der Waals surface area (Å²) in [6.45, 7) is 5.91. The largest absolute Gasteiger partial charge is 0.381 e. The summed E-state index contributed by atoms with van der Waals surface area (Å²) >= 11 is 0. The molecule has 0 atom stereocenters. The van der Waals surface area contributed by atoms with E-state index in [9.17, 15) is 4.57 Å². The lowest BCUT2D eigenvalue weighted by molar-refractivity contribution is 0.229. The Morgan fingerprint density at radius 3 is 2.00 bits per heavy atom. The number of nitrogens with zero attached hydrogens (tertiary/aromatic N) is 2. The van der Waals surface area contributed by atoms with E-state index in [0.29, 0.717) is 16.6 Å². The van der Waals surface area contributed by atoms with Gasteiger partial charge in [0, 0.05) is 0 Å². The summed E-state index contributed by atoms with van der Waals surface area (Å²) in [4.78, 5) is 9.12. The molecule has 0 amide bonds. The van der Waals surface area contributed by atoms with Gasteiger partial charge in [-0.25, -0.2) is 9.97 Å². The van der Waals surface area contributed by atoms with E-state index in [-0.39, 0.29) is 13.2 Å². The van der Waals surface area contributed by atoms with Crippen molar-refractivity contribution in [3.63, 3.8) is 0 Å². The van der Waals surface area contributed by atoms with Gasteiger partial charge in [0.2, 0.25) is 0 Å². The summed E-state index contributed by atoms with van der Waals surface area (Å²) in [6, 6.07) is 11.9. The van der Waals surface area contributed by atoms with Crippen molar-refractivity contribution in [3.05, 3.63) is 42.1 Å². The van der Waals surface area contributed by atoms with Crippen molar-refractivity contribution in [2.45, 2.75) is 20.8 Å². The molecule has 0 saturated carbocycles. The Morgan fingerprint density at radius 1 is 0.957 bits per heavy atom. The minimum absolute atomic E-state index is 0.286. The zero-order chi connectivity index (χ0) is 16.4. The van der Waals surface area contributed by atoms with E-state index in [1.54, 1.807) is 20.8 Å². The average molecular weight is 330 g/mol. The van der Waals surface area contributed by atoms with Crippen molar-refractivity contribution < 1.29 is 13.6 Å². The van der Waals surface area contributed by atoms with Crippen LogP contribution in [0.25, 0.3) is 21.8 Å². The van der Waals surface area contributed by atoms with Crippen molar-refractivity contribution in [1.29, 1.82) is 0 Å². The monoisotopic (exact) mass is 330 g/mol. The summed E-state index contributed by atoms with van der Waals surface area (Å²) in [5.74, 6) is 0. The van der Waals surface area contributed by atoms with Crippen LogP contribution in [-0.4, -0.2) is 23.2 Å². The molecule has 0 aliphatic heterocycles. The fourth-order valence-electron chi connectivity index (χ4n) is 2.58. The molecule has 0 aliphatic carbocycles. The molecule has 120 valence electrons. The van der Waals surface area contributed by atoms with Gasteiger partial charge in [-0.15, -0.1) is 0 Å². The van der Waals surface area contributed by atoms with Crippen molar-refractivity contribution in [2.24, 2.45) is 0 Å². The van der Waals surface area contributed by atoms with E-state index in [1.165, 1.54) is 0 Å². The number of fused-ring (bicyclic) bond motifs is 2. The summed E-state index contributed by atoms with van der Waals surface area (Å²) in [6.07, 6.45) is 0. The second-order valence-electron chi connectivity index (χ2n) is 5.15. The van der Waals surface area contributed by atoms with E-state index >= 15 is 0 Å². The zero-order valence-corrected chi connectivity index (χ0v) is 14.3. The standard InChI is InChI=1S/C17H19N2O3P/c1-4-21-23(20,22-5-2)17-12(3)18-15-10-13-8-6-7-9-14(13)11-16(15)19-17/h6-11H,4-5H2,1-3H3. The van der Waals surface area contributed by atoms with Crippen LogP contribution >= 0.6 is 7.60 Å². The zero-order valence-electron chi connectivity index (χ0n) is 13.4. The van der Waals surface area contributed by atoms with Crippen LogP contribution in [0.2, 0.25) is 0 Å². The second-order valence-corrected chi connectivity index (χ2v) is 7.09. The van der Waals surface area contributed by atoms with Gasteiger partial charge in [0.05, 0.1) is 29.9 Å². The predicted octanol–water partition coefficient (Wildman–Crippen LogP) is 3.98. The highest BCUT2D eigenvalue weighted by Gasteiger charge is 2.31. The lowest BCUT2D eigenvalue weighted by Crippen LogP contribution is -2.19. The Morgan fingerprint density at radius 2 is 1.48 bits per heavy atom. The molecular weight excluding hydrogens is 311 g/mol. The lowest BCUT2D eigenvalue weighted by Gasteiger charge is -2.18. The van der Waals surface area contributed by atoms with Crippen LogP contribution in [-0.2, 0) is 13.6 Å². The minimum atomic E-state index is -3.45. The highest BCUT2D eigenvalue weighted by atomic mass is 31.2. The number of benzene rings is 2. The quantitative estimate of drug-likeness (QED) is 0.523. The Balaban J connectivity index is 2.23. The van der Waals surface area contributed by atoms with Gasteiger partial charge in [-0.2, -0.15) is 0 Å². The summed E-state index contributed by atoms with van der Waals surface area (Å²) < 4.78 is 23.8. The summed E-state index contributed by atoms with van der Waals surface area (Å²) in [5, 5.41) is 2.16. The van der Waals surface area contributed by atoms with Crippen molar-refractivity contribution >= 4 is 34.8 Å². The lowest BCUT2D eigenvalue weighted by atomic mass is 10.1. The normalized spacial score (nSPS) is 12.1. The van der Waals surface area contributed by atoms with Gasteiger partial charge >= 0.3 is 7.60 Å². The Kier molecular flexibility index (Phi) is 4.44. The topological polar surface area (TPSA) is 61.3 Å². The molecule has 3 rings (SSSR count). The molecule has 0 spiro atoms. The second kappa shape index (κ2) is 6.36. The van der Waals surface area contributed by atoms with E-state index < -0.39 is 7.60 Å². The average Bonchev–Trinajstić information content (AvgIpc) is 2.52. The van der Waals surface area contributed by atoms with Gasteiger partial charge in [-0.3, -0.25) is 4.57 Å². The number of hydrogen-bond acceptors (Lipinski definition) is 5. The highest BCUT2D eigenvalue weighted by molar-refractivity contribution is 7.62. The van der Waals surface area contributed by atoms with Gasteiger partial charge in [0.15, 0.2) is 5.44 Å². The minimum Gasteiger partial charge on any atom is -0.304 e. The predicted molar refractivity (Wildman–Crippen MR) is 92.3 cm³/mol. The van der Waals surface area contributed by atoms with Crippen LogP contribution in [0.5, 0.6) is 0 Å². The smallest absolute Gasteiger partial charge is 0.304 e. The first-order valence-corrected chi connectivity index (χ1v) is 9.18. The van der Waals surface area contributed by atoms with Crippen LogP contribution in [0.3, 0.4) is 0 Å². The number of aromatic nitrogens is 2. The maximum Gasteiger partial charge on any atom is 0.381 e. The summed E-state index contributed by atoms with van der Waals surface area (Å²) in [7, 11) is -3.45. The van der Waals surface area contributed by atoms with E-state index in [2.05, 4.69) is 9.97 Å². The first-order chi connectivity index (χ1) is 11.1. The Hall–Kier alpha value is -1.81. The fraction of sp³-hybridized carbons (Fsp3) is 0.294. The Bertz CT molecular complexity index is 901. The van der Waals surface area contributed by atoms with E-state index in [0.717, 1.165) is 16.3 Å². The van der Waals surface area contributed by atoms with Crippen molar-refractivity contribution in [3.8, 4) is 0 Å². The van der Waals surface area contributed by atoms with Crippen LogP contribution in [0.4, 0.5) is 0 Å². The molecule has 6 heteroatoms. The molecule has 3 aromatic rings. The molecule has 23 heavy (non-hydrogen) atoms. The van der Waals surface area contributed by atoms with Crippen molar-refractivity contribution in [2.75, 3.05) is 13.2 Å². The van der Waals surface area contributed by atoms with Crippen LogP contribution < -0.4 is 5.44 Å². The molecule has 1 heterocycles. The molecule has 0 radical (unpaired) electrons. The van der Waals surface area contributed by atoms with Crippen LogP contribution in [0, 0.1) is 6.92 Å². The van der Waals surface area contributed by atoms with Gasteiger partial charge in [0.1, 0.15) is 0 Å².